The lowest BCUT2D eigenvalue weighted by Gasteiger charge is -2.41. The highest BCUT2D eigenvalue weighted by Crippen LogP contribution is 2.36. The van der Waals surface area contributed by atoms with Gasteiger partial charge in [0, 0.05) is 43.2 Å². The van der Waals surface area contributed by atoms with E-state index in [0.717, 1.165) is 46.9 Å². The normalized spacial score (nSPS) is 25.3. The van der Waals surface area contributed by atoms with Gasteiger partial charge in [-0.3, -0.25) is 4.79 Å². The van der Waals surface area contributed by atoms with Crippen molar-refractivity contribution >= 4 is 17.3 Å². The third kappa shape index (κ3) is 3.37. The maximum absolute atomic E-state index is 13.3. The van der Waals surface area contributed by atoms with Gasteiger partial charge in [0.15, 0.2) is 0 Å². The van der Waals surface area contributed by atoms with Crippen molar-refractivity contribution in [3.05, 3.63) is 40.3 Å². The van der Waals surface area contributed by atoms with Crippen molar-refractivity contribution in [2.75, 3.05) is 24.9 Å². The van der Waals surface area contributed by atoms with Gasteiger partial charge in [0.2, 0.25) is 0 Å². The zero-order valence-electron chi connectivity index (χ0n) is 16.1. The molecule has 0 aromatic carbocycles. The second-order valence-corrected chi connectivity index (χ2v) is 8.40. The summed E-state index contributed by atoms with van der Waals surface area (Å²) in [6.07, 6.45) is 9.45. The van der Waals surface area contributed by atoms with E-state index in [-0.39, 0.29) is 5.56 Å². The Morgan fingerprint density at radius 3 is 2.65 bits per heavy atom. The van der Waals surface area contributed by atoms with E-state index < -0.39 is 0 Å². The molecule has 7 heteroatoms. The predicted molar refractivity (Wildman–Crippen MR) is 109 cm³/mol. The lowest BCUT2D eigenvalue weighted by molar-refractivity contribution is 0.327. The molecule has 1 aromatic rings. The summed E-state index contributed by atoms with van der Waals surface area (Å²) in [7, 11) is 3.98. The quantitative estimate of drug-likeness (QED) is 0.875. The fourth-order valence-electron chi connectivity index (χ4n) is 4.00. The first-order chi connectivity index (χ1) is 12.5. The van der Waals surface area contributed by atoms with E-state index in [4.69, 9.17) is 10.7 Å². The van der Waals surface area contributed by atoms with E-state index in [2.05, 4.69) is 18.9 Å². The molecule has 0 bridgehead atoms. The van der Waals surface area contributed by atoms with E-state index in [1.54, 1.807) is 29.0 Å². The average molecular weight is 376 g/mol. The second-order valence-electron chi connectivity index (χ2n) is 7.30. The van der Waals surface area contributed by atoms with Crippen LogP contribution in [0, 0.1) is 0 Å². The van der Waals surface area contributed by atoms with E-state index >= 15 is 0 Å². The van der Waals surface area contributed by atoms with Crippen LogP contribution >= 0.6 is 11.8 Å². The van der Waals surface area contributed by atoms with Crippen molar-refractivity contribution in [1.29, 1.82) is 0 Å². The van der Waals surface area contributed by atoms with Gasteiger partial charge in [-0.15, -0.1) is 11.8 Å². The summed E-state index contributed by atoms with van der Waals surface area (Å²) in [5, 5.41) is 2.20. The first-order valence-corrected chi connectivity index (χ1v) is 10.3. The molecule has 2 aliphatic heterocycles. The monoisotopic (exact) mass is 375 g/mol. The number of fused-ring (bicyclic) bond motifs is 1. The van der Waals surface area contributed by atoms with Gasteiger partial charge in [-0.1, -0.05) is 0 Å². The van der Waals surface area contributed by atoms with E-state index in [0.29, 0.717) is 12.1 Å². The molecule has 2 atom stereocenters. The Hall–Kier alpha value is -1.89. The zero-order chi connectivity index (χ0) is 18.8. The average Bonchev–Trinajstić information content (AvgIpc) is 2.61. The van der Waals surface area contributed by atoms with Crippen molar-refractivity contribution in [3.8, 4) is 0 Å². The predicted octanol–water partition coefficient (Wildman–Crippen LogP) is 2.38. The molecule has 1 aromatic heterocycles. The number of nitrogens with zero attached hydrogens (tertiary/aromatic N) is 4. The molecule has 3 rings (SSSR count). The number of rotatable bonds is 3. The van der Waals surface area contributed by atoms with E-state index in [1.807, 2.05) is 25.1 Å². The highest BCUT2D eigenvalue weighted by molar-refractivity contribution is 7.99. The van der Waals surface area contributed by atoms with Crippen molar-refractivity contribution in [3.63, 3.8) is 0 Å². The Labute approximate surface area is 159 Å². The molecule has 2 aliphatic rings. The molecule has 0 radical (unpaired) electrons. The van der Waals surface area contributed by atoms with Crippen LogP contribution < -0.4 is 16.3 Å². The second kappa shape index (κ2) is 7.78. The summed E-state index contributed by atoms with van der Waals surface area (Å²) in [4.78, 5) is 20.8. The third-order valence-corrected chi connectivity index (χ3v) is 6.30. The molecular formula is C19H29N5OS. The summed E-state index contributed by atoms with van der Waals surface area (Å²) in [6.45, 7) is 4.38. The molecule has 0 saturated carbocycles. The van der Waals surface area contributed by atoms with Crippen LogP contribution in [0.2, 0.25) is 0 Å². The minimum atomic E-state index is 0.0487. The standard InChI is InChI=1S/C19H29N5OS/c1-13-6-5-7-14(2)24(13)23-12-21-17-15(16(8-10-20)22(3)4)9-11-26-18(17)19(23)25/h8,10,12-14H,5-7,9,11,20H2,1-4H3/b10-8-,16-15-. The van der Waals surface area contributed by atoms with Gasteiger partial charge in [0.05, 0.1) is 5.69 Å². The third-order valence-electron chi connectivity index (χ3n) is 5.24. The Morgan fingerprint density at radius 1 is 1.35 bits per heavy atom. The maximum atomic E-state index is 13.3. The Kier molecular flexibility index (Phi) is 5.65. The highest BCUT2D eigenvalue weighted by Gasteiger charge is 2.29. The summed E-state index contributed by atoms with van der Waals surface area (Å²) < 4.78 is 1.75. The molecule has 0 amide bonds. The number of aromatic nitrogens is 2. The number of piperidine rings is 1. The Bertz CT molecular complexity index is 773. The molecule has 0 spiro atoms. The molecule has 2 N–H and O–H groups in total. The van der Waals surface area contributed by atoms with Gasteiger partial charge in [-0.2, -0.15) is 0 Å². The molecule has 2 unspecified atom stereocenters. The van der Waals surface area contributed by atoms with E-state index in [9.17, 15) is 4.79 Å². The highest BCUT2D eigenvalue weighted by atomic mass is 32.2. The summed E-state index contributed by atoms with van der Waals surface area (Å²) >= 11 is 1.62. The van der Waals surface area contributed by atoms with Gasteiger partial charge in [-0.25, -0.2) is 9.66 Å². The number of thioether (sulfide) groups is 1. The van der Waals surface area contributed by atoms with Crippen LogP contribution in [0.25, 0.3) is 5.57 Å². The molecular weight excluding hydrogens is 346 g/mol. The molecule has 26 heavy (non-hydrogen) atoms. The summed E-state index contributed by atoms with van der Waals surface area (Å²) in [5.41, 5.74) is 8.60. The lowest BCUT2D eigenvalue weighted by Crippen LogP contribution is -2.55. The first-order valence-electron chi connectivity index (χ1n) is 9.28. The van der Waals surface area contributed by atoms with Gasteiger partial charge >= 0.3 is 0 Å². The Morgan fingerprint density at radius 2 is 2.04 bits per heavy atom. The number of hydrogen-bond donors (Lipinski definition) is 1. The SMILES string of the molecule is CC1CCCC(C)N1n1cnc2c(c1=O)SCC/C2=C(\C=C/N)N(C)C. The molecule has 1 saturated heterocycles. The largest absolute Gasteiger partial charge is 0.405 e. The van der Waals surface area contributed by atoms with Gasteiger partial charge in [0.25, 0.3) is 5.56 Å². The smallest absolute Gasteiger partial charge is 0.286 e. The first kappa shape index (κ1) is 18.9. The van der Waals surface area contributed by atoms with Crippen LogP contribution in [0.4, 0.5) is 0 Å². The van der Waals surface area contributed by atoms with Crippen LogP contribution in [0.3, 0.4) is 0 Å². The minimum Gasteiger partial charge on any atom is -0.405 e. The summed E-state index contributed by atoms with van der Waals surface area (Å²) in [5.74, 6) is 0.879. The number of likely N-dealkylation sites (N-methyl/N-ethyl adjacent to an activating group) is 1. The van der Waals surface area contributed by atoms with E-state index in [1.165, 1.54) is 6.42 Å². The zero-order valence-corrected chi connectivity index (χ0v) is 16.9. The van der Waals surface area contributed by atoms with Crippen molar-refractivity contribution in [1.82, 2.24) is 14.6 Å². The molecule has 0 aliphatic carbocycles. The summed E-state index contributed by atoms with van der Waals surface area (Å²) in [6, 6.07) is 0.690. The lowest BCUT2D eigenvalue weighted by atomic mass is 10.00. The van der Waals surface area contributed by atoms with Crippen molar-refractivity contribution in [2.45, 2.75) is 56.5 Å². The minimum absolute atomic E-state index is 0.0487. The Balaban J connectivity index is 2.12. The van der Waals surface area contributed by atoms with Gasteiger partial charge in [-0.05, 0) is 51.8 Å². The van der Waals surface area contributed by atoms with Crippen molar-refractivity contribution < 1.29 is 0 Å². The fourth-order valence-corrected chi connectivity index (χ4v) is 5.04. The van der Waals surface area contributed by atoms with Crippen LogP contribution in [0.1, 0.15) is 45.2 Å². The molecule has 3 heterocycles. The maximum Gasteiger partial charge on any atom is 0.286 e. The van der Waals surface area contributed by atoms with Crippen molar-refractivity contribution in [2.24, 2.45) is 5.73 Å². The molecule has 6 nitrogen and oxygen atoms in total. The topological polar surface area (TPSA) is 67.4 Å². The van der Waals surface area contributed by atoms with Crippen LogP contribution in [0.5, 0.6) is 0 Å². The van der Waals surface area contributed by atoms with Gasteiger partial charge in [0.1, 0.15) is 11.2 Å². The van der Waals surface area contributed by atoms with Crippen LogP contribution in [-0.2, 0) is 0 Å². The van der Waals surface area contributed by atoms with Gasteiger partial charge < -0.3 is 15.6 Å². The fraction of sp³-hybridized carbons (Fsp3) is 0.579. The molecule has 142 valence electrons. The number of hydrogen-bond acceptors (Lipinski definition) is 6. The molecule has 1 fully saturated rings. The van der Waals surface area contributed by atoms with Crippen LogP contribution in [-0.4, -0.2) is 46.5 Å². The number of allylic oxidation sites excluding steroid dienone is 2. The number of nitrogens with two attached hydrogens (primary N) is 1. The van der Waals surface area contributed by atoms with Crippen LogP contribution in [0.15, 0.2) is 34.0 Å².